The highest BCUT2D eigenvalue weighted by Crippen LogP contribution is 2.38. The SMILES string of the molecule is C=CCOc1ccc(/C=C/C(=O)OCC(=O)c2cc(C)n(C3CC3)c2C)cc1OC. The number of hydrogen-bond donors (Lipinski definition) is 0. The van der Waals surface area contributed by atoms with E-state index < -0.39 is 5.97 Å². The summed E-state index contributed by atoms with van der Waals surface area (Å²) in [5.41, 5.74) is 3.38. The Hall–Kier alpha value is -3.28. The minimum Gasteiger partial charge on any atom is -0.493 e. The molecule has 30 heavy (non-hydrogen) atoms. The van der Waals surface area contributed by atoms with Crippen LogP contribution in [0.25, 0.3) is 6.08 Å². The molecule has 1 saturated carbocycles. The number of aryl methyl sites for hydroxylation is 1. The van der Waals surface area contributed by atoms with Gasteiger partial charge in [0.15, 0.2) is 18.1 Å². The summed E-state index contributed by atoms with van der Waals surface area (Å²) in [6.07, 6.45) is 6.84. The first-order valence-electron chi connectivity index (χ1n) is 9.92. The van der Waals surface area contributed by atoms with Crippen LogP contribution in [0.4, 0.5) is 0 Å². The molecule has 1 heterocycles. The molecule has 0 saturated heterocycles. The van der Waals surface area contributed by atoms with Gasteiger partial charge in [-0.2, -0.15) is 0 Å². The van der Waals surface area contributed by atoms with Crippen molar-refractivity contribution in [2.75, 3.05) is 20.3 Å². The maximum absolute atomic E-state index is 12.5. The van der Waals surface area contributed by atoms with Gasteiger partial charge in [0, 0.05) is 29.1 Å². The van der Waals surface area contributed by atoms with Crippen LogP contribution < -0.4 is 9.47 Å². The van der Waals surface area contributed by atoms with E-state index in [1.165, 1.54) is 6.08 Å². The molecule has 6 heteroatoms. The molecular formula is C24H27NO5. The molecule has 0 N–H and O–H groups in total. The van der Waals surface area contributed by atoms with Crippen LogP contribution in [0.2, 0.25) is 0 Å². The summed E-state index contributed by atoms with van der Waals surface area (Å²) in [6, 6.07) is 7.68. The van der Waals surface area contributed by atoms with Gasteiger partial charge in [0.2, 0.25) is 5.78 Å². The average Bonchev–Trinajstić information content (AvgIpc) is 3.53. The van der Waals surface area contributed by atoms with E-state index in [-0.39, 0.29) is 12.4 Å². The highest BCUT2D eigenvalue weighted by Gasteiger charge is 2.28. The van der Waals surface area contributed by atoms with Crippen molar-refractivity contribution in [2.45, 2.75) is 32.7 Å². The van der Waals surface area contributed by atoms with Gasteiger partial charge in [0.25, 0.3) is 0 Å². The van der Waals surface area contributed by atoms with Crippen molar-refractivity contribution >= 4 is 17.8 Å². The number of aromatic nitrogens is 1. The monoisotopic (exact) mass is 409 g/mol. The normalized spacial score (nSPS) is 13.3. The van der Waals surface area contributed by atoms with Gasteiger partial charge in [-0.15, -0.1) is 0 Å². The van der Waals surface area contributed by atoms with Gasteiger partial charge < -0.3 is 18.8 Å². The minimum absolute atomic E-state index is 0.192. The molecule has 6 nitrogen and oxygen atoms in total. The quantitative estimate of drug-likeness (QED) is 0.251. The number of ketones is 1. The van der Waals surface area contributed by atoms with Crippen molar-refractivity contribution in [2.24, 2.45) is 0 Å². The summed E-state index contributed by atoms with van der Waals surface area (Å²) < 4.78 is 18.2. The first-order valence-corrected chi connectivity index (χ1v) is 9.92. The van der Waals surface area contributed by atoms with Crippen LogP contribution in [0.3, 0.4) is 0 Å². The van der Waals surface area contributed by atoms with E-state index in [0.717, 1.165) is 29.8 Å². The van der Waals surface area contributed by atoms with E-state index in [0.29, 0.717) is 29.7 Å². The topological polar surface area (TPSA) is 66.8 Å². The van der Waals surface area contributed by atoms with Crippen molar-refractivity contribution in [3.05, 3.63) is 65.5 Å². The van der Waals surface area contributed by atoms with Crippen molar-refractivity contribution in [1.29, 1.82) is 0 Å². The van der Waals surface area contributed by atoms with Crippen LogP contribution >= 0.6 is 0 Å². The summed E-state index contributed by atoms with van der Waals surface area (Å²) in [5, 5.41) is 0. The second-order valence-corrected chi connectivity index (χ2v) is 7.26. The number of carbonyl (C=O) groups excluding carboxylic acids is 2. The number of ether oxygens (including phenoxy) is 3. The number of methoxy groups -OCH3 is 1. The minimum atomic E-state index is -0.578. The Balaban J connectivity index is 1.58. The van der Waals surface area contributed by atoms with Crippen LogP contribution in [0.1, 0.15) is 46.2 Å². The van der Waals surface area contributed by atoms with E-state index >= 15 is 0 Å². The largest absolute Gasteiger partial charge is 0.493 e. The summed E-state index contributed by atoms with van der Waals surface area (Å²) in [5.74, 6) is 0.368. The van der Waals surface area contributed by atoms with Crippen LogP contribution in [-0.2, 0) is 9.53 Å². The smallest absolute Gasteiger partial charge is 0.331 e. The molecule has 0 atom stereocenters. The Bertz CT molecular complexity index is 982. The van der Waals surface area contributed by atoms with Crippen molar-refractivity contribution < 1.29 is 23.8 Å². The van der Waals surface area contributed by atoms with Gasteiger partial charge in [-0.25, -0.2) is 4.79 Å². The molecule has 1 aromatic carbocycles. The van der Waals surface area contributed by atoms with Crippen LogP contribution in [-0.4, -0.2) is 36.6 Å². The molecule has 1 aromatic heterocycles. The van der Waals surface area contributed by atoms with Gasteiger partial charge in [0.05, 0.1) is 7.11 Å². The molecule has 0 spiro atoms. The first-order chi connectivity index (χ1) is 14.4. The molecule has 3 rings (SSSR count). The fourth-order valence-corrected chi connectivity index (χ4v) is 3.44. The zero-order valence-electron chi connectivity index (χ0n) is 17.6. The Kier molecular flexibility index (Phi) is 6.77. The molecule has 0 aliphatic heterocycles. The molecule has 1 fully saturated rings. The molecule has 158 valence electrons. The lowest BCUT2D eigenvalue weighted by Crippen LogP contribution is -2.13. The molecule has 0 bridgehead atoms. The third-order valence-electron chi connectivity index (χ3n) is 5.00. The van der Waals surface area contributed by atoms with Gasteiger partial charge in [0.1, 0.15) is 6.61 Å². The summed E-state index contributed by atoms with van der Waals surface area (Å²) in [4.78, 5) is 24.6. The predicted molar refractivity (Wildman–Crippen MR) is 115 cm³/mol. The highest BCUT2D eigenvalue weighted by molar-refractivity contribution is 6.00. The van der Waals surface area contributed by atoms with E-state index in [1.807, 2.05) is 19.9 Å². The third-order valence-corrected chi connectivity index (χ3v) is 5.00. The molecule has 1 aliphatic carbocycles. The number of rotatable bonds is 10. The molecule has 1 aliphatic rings. The van der Waals surface area contributed by atoms with E-state index in [9.17, 15) is 9.59 Å². The van der Waals surface area contributed by atoms with Crippen molar-refractivity contribution in [1.82, 2.24) is 4.57 Å². The van der Waals surface area contributed by atoms with E-state index in [4.69, 9.17) is 14.2 Å². The van der Waals surface area contributed by atoms with Gasteiger partial charge in [-0.1, -0.05) is 18.7 Å². The van der Waals surface area contributed by atoms with Crippen LogP contribution in [0.15, 0.2) is 43.0 Å². The maximum Gasteiger partial charge on any atom is 0.331 e. The average molecular weight is 409 g/mol. The lowest BCUT2D eigenvalue weighted by atomic mass is 10.1. The first kappa shape index (κ1) is 21.4. The molecule has 0 radical (unpaired) electrons. The van der Waals surface area contributed by atoms with Crippen molar-refractivity contribution in [3.8, 4) is 11.5 Å². The fourth-order valence-electron chi connectivity index (χ4n) is 3.44. The molecule has 2 aromatic rings. The zero-order chi connectivity index (χ0) is 21.7. The lowest BCUT2D eigenvalue weighted by Gasteiger charge is -2.09. The second kappa shape index (κ2) is 9.48. The third kappa shape index (κ3) is 5.00. The fraction of sp³-hybridized carbons (Fsp3) is 0.333. The number of carbonyl (C=O) groups is 2. The van der Waals surface area contributed by atoms with Gasteiger partial charge in [-0.3, -0.25) is 4.79 Å². The van der Waals surface area contributed by atoms with Crippen molar-refractivity contribution in [3.63, 3.8) is 0 Å². The second-order valence-electron chi connectivity index (χ2n) is 7.26. The number of esters is 1. The molecular weight excluding hydrogens is 382 g/mol. The Morgan fingerprint density at radius 1 is 1.20 bits per heavy atom. The van der Waals surface area contributed by atoms with Gasteiger partial charge >= 0.3 is 5.97 Å². The zero-order valence-corrected chi connectivity index (χ0v) is 17.6. The number of benzene rings is 1. The summed E-state index contributed by atoms with van der Waals surface area (Å²) in [6.45, 7) is 7.64. The van der Waals surface area contributed by atoms with Crippen LogP contribution in [0.5, 0.6) is 11.5 Å². The van der Waals surface area contributed by atoms with E-state index in [2.05, 4.69) is 11.1 Å². The highest BCUT2D eigenvalue weighted by atomic mass is 16.5. The number of hydrogen-bond acceptors (Lipinski definition) is 5. The Labute approximate surface area is 176 Å². The predicted octanol–water partition coefficient (Wildman–Crippen LogP) is 4.45. The van der Waals surface area contributed by atoms with E-state index in [1.54, 1.807) is 37.5 Å². The number of Topliss-reactive ketones (excluding diaryl/α,β-unsaturated/α-hetero) is 1. The van der Waals surface area contributed by atoms with Gasteiger partial charge in [-0.05, 0) is 56.5 Å². The number of nitrogens with zero attached hydrogens (tertiary/aromatic N) is 1. The van der Waals surface area contributed by atoms with Crippen LogP contribution in [0, 0.1) is 13.8 Å². The molecule has 0 amide bonds. The molecule has 0 unspecified atom stereocenters. The maximum atomic E-state index is 12.5. The Morgan fingerprint density at radius 2 is 1.97 bits per heavy atom. The lowest BCUT2D eigenvalue weighted by molar-refractivity contribution is -0.136. The summed E-state index contributed by atoms with van der Waals surface area (Å²) >= 11 is 0. The summed E-state index contributed by atoms with van der Waals surface area (Å²) in [7, 11) is 1.55. The standard InChI is InChI=1S/C24H27NO5/c1-5-12-29-22-10-6-18(14-23(22)28-4)7-11-24(27)30-15-21(26)20-13-16(2)25(17(20)3)19-8-9-19/h5-7,10-11,13-14,19H,1,8-9,12,15H2,2-4H3/b11-7+. The Morgan fingerprint density at radius 3 is 2.63 bits per heavy atom.